The Morgan fingerprint density at radius 2 is 2.13 bits per heavy atom. The zero-order valence-corrected chi connectivity index (χ0v) is 19.0. The van der Waals surface area contributed by atoms with E-state index in [0.29, 0.717) is 15.8 Å². The first-order valence-electron chi connectivity index (χ1n) is 10.1. The molecule has 0 bridgehead atoms. The summed E-state index contributed by atoms with van der Waals surface area (Å²) in [6.45, 7) is 7.19. The second-order valence-corrected chi connectivity index (χ2v) is 10.4. The number of carbonyl (C=O) groups excluding carboxylic acids is 2. The van der Waals surface area contributed by atoms with E-state index in [1.165, 1.54) is 22.5 Å². The van der Waals surface area contributed by atoms with Gasteiger partial charge in [0.05, 0.1) is 22.3 Å². The molecule has 2 aliphatic rings. The summed E-state index contributed by atoms with van der Waals surface area (Å²) in [6, 6.07) is 9.64. The number of rotatable bonds is 4. The Morgan fingerprint density at radius 3 is 2.87 bits per heavy atom. The minimum atomic E-state index is -0.390. The monoisotopic (exact) mass is 447 g/mol. The average Bonchev–Trinajstić information content (AvgIpc) is 3.26. The van der Waals surface area contributed by atoms with Crippen LogP contribution in [0.4, 0.5) is 10.5 Å². The number of nitrogens with one attached hydrogen (secondary N) is 1. The predicted molar refractivity (Wildman–Crippen MR) is 120 cm³/mol. The summed E-state index contributed by atoms with van der Waals surface area (Å²) in [5.41, 5.74) is 3.52. The Balaban J connectivity index is 1.44. The Morgan fingerprint density at radius 1 is 1.33 bits per heavy atom. The number of cyclic esters (lactones) is 1. The van der Waals surface area contributed by atoms with Gasteiger partial charge in [-0.1, -0.05) is 31.5 Å². The average molecular weight is 448 g/mol. The molecule has 1 N–H and O–H groups in total. The van der Waals surface area contributed by atoms with Crippen LogP contribution in [0.15, 0.2) is 30.3 Å². The second kappa shape index (κ2) is 8.21. The van der Waals surface area contributed by atoms with Gasteiger partial charge < -0.3 is 15.0 Å². The van der Waals surface area contributed by atoms with Crippen molar-refractivity contribution in [3.63, 3.8) is 0 Å². The highest BCUT2D eigenvalue weighted by atomic mass is 35.5. The molecule has 0 spiro atoms. The van der Waals surface area contributed by atoms with Crippen LogP contribution in [-0.2, 0) is 16.6 Å². The third-order valence-corrected chi connectivity index (χ3v) is 6.95. The molecule has 2 aliphatic heterocycles. The number of thiophene rings is 1. The number of fused-ring (bicyclic) bond motifs is 1. The van der Waals surface area contributed by atoms with E-state index in [4.69, 9.17) is 16.3 Å². The number of hydrogen-bond donors (Lipinski definition) is 1. The van der Waals surface area contributed by atoms with Gasteiger partial charge in [-0.2, -0.15) is 0 Å². The van der Waals surface area contributed by atoms with Crippen molar-refractivity contribution in [1.82, 2.24) is 10.2 Å². The SMILES string of the molecule is CN1CCc2cc(N3C[C@H](CNC(=O)c4ccc(Cl)s4)OC3=O)ccc2C(C)(C)C1. The first-order valence-corrected chi connectivity index (χ1v) is 11.3. The third-order valence-electron chi connectivity index (χ3n) is 5.72. The van der Waals surface area contributed by atoms with Gasteiger partial charge in [0.25, 0.3) is 5.91 Å². The maximum Gasteiger partial charge on any atom is 0.414 e. The number of anilines is 1. The molecule has 30 heavy (non-hydrogen) atoms. The number of halogens is 1. The van der Waals surface area contributed by atoms with Crippen LogP contribution in [0.1, 0.15) is 34.6 Å². The standard InChI is InChI=1S/C22H26ClN3O3S/c1-22(2)13-25(3)9-8-14-10-15(4-5-17(14)22)26-12-16(29-21(26)28)11-24-20(27)18-6-7-19(23)30-18/h4-7,10,16H,8-9,11-13H2,1-3H3,(H,24,27)/t16-/m0/s1. The Kier molecular flexibility index (Phi) is 5.79. The second-order valence-electron chi connectivity index (χ2n) is 8.64. The van der Waals surface area contributed by atoms with Gasteiger partial charge >= 0.3 is 6.09 Å². The molecule has 0 aliphatic carbocycles. The molecule has 160 valence electrons. The lowest BCUT2D eigenvalue weighted by atomic mass is 9.81. The zero-order valence-electron chi connectivity index (χ0n) is 17.4. The lowest BCUT2D eigenvalue weighted by molar-refractivity contribution is 0.0920. The van der Waals surface area contributed by atoms with Crippen molar-refractivity contribution in [3.8, 4) is 0 Å². The van der Waals surface area contributed by atoms with Crippen molar-refractivity contribution >= 4 is 40.6 Å². The van der Waals surface area contributed by atoms with Gasteiger partial charge in [0.15, 0.2) is 0 Å². The van der Waals surface area contributed by atoms with E-state index in [0.717, 1.165) is 25.2 Å². The van der Waals surface area contributed by atoms with Gasteiger partial charge in [-0.3, -0.25) is 9.69 Å². The maximum atomic E-state index is 12.5. The van der Waals surface area contributed by atoms with Gasteiger partial charge in [-0.05, 0) is 48.9 Å². The summed E-state index contributed by atoms with van der Waals surface area (Å²) < 4.78 is 6.05. The van der Waals surface area contributed by atoms with E-state index in [1.54, 1.807) is 17.0 Å². The minimum absolute atomic E-state index is 0.0577. The van der Waals surface area contributed by atoms with Crippen LogP contribution >= 0.6 is 22.9 Å². The molecular formula is C22H26ClN3O3S. The topological polar surface area (TPSA) is 61.9 Å². The summed E-state index contributed by atoms with van der Waals surface area (Å²) in [5, 5.41) is 2.82. The van der Waals surface area contributed by atoms with Crippen LogP contribution in [0.25, 0.3) is 0 Å². The molecule has 4 rings (SSSR count). The molecular weight excluding hydrogens is 422 g/mol. The molecule has 3 heterocycles. The molecule has 6 nitrogen and oxygen atoms in total. The highest BCUT2D eigenvalue weighted by molar-refractivity contribution is 7.17. The Hall–Kier alpha value is -2.09. The molecule has 8 heteroatoms. The molecule has 1 fully saturated rings. The molecule has 1 aromatic carbocycles. The van der Waals surface area contributed by atoms with Gasteiger partial charge in [-0.25, -0.2) is 4.79 Å². The minimum Gasteiger partial charge on any atom is -0.442 e. The van der Waals surface area contributed by atoms with Crippen molar-refractivity contribution < 1.29 is 14.3 Å². The maximum absolute atomic E-state index is 12.5. The number of benzene rings is 1. The smallest absolute Gasteiger partial charge is 0.414 e. The molecule has 0 unspecified atom stereocenters. The van der Waals surface area contributed by atoms with Crippen LogP contribution in [0.3, 0.4) is 0 Å². The fourth-order valence-corrected chi connectivity index (χ4v) is 5.29. The number of ether oxygens (including phenoxy) is 1. The van der Waals surface area contributed by atoms with Gasteiger partial charge in [0, 0.05) is 24.2 Å². The lowest BCUT2D eigenvalue weighted by Crippen LogP contribution is -2.34. The van der Waals surface area contributed by atoms with E-state index in [2.05, 4.69) is 43.2 Å². The summed E-state index contributed by atoms with van der Waals surface area (Å²) in [4.78, 5) is 29.2. The number of carbonyl (C=O) groups is 2. The van der Waals surface area contributed by atoms with Gasteiger partial charge in [-0.15, -0.1) is 11.3 Å². The summed E-state index contributed by atoms with van der Waals surface area (Å²) in [7, 11) is 2.15. The van der Waals surface area contributed by atoms with Crippen LogP contribution in [0.5, 0.6) is 0 Å². The largest absolute Gasteiger partial charge is 0.442 e. The fraction of sp³-hybridized carbons (Fsp3) is 0.455. The molecule has 0 saturated carbocycles. The van der Waals surface area contributed by atoms with Crippen molar-refractivity contribution in [1.29, 1.82) is 0 Å². The van der Waals surface area contributed by atoms with Crippen molar-refractivity contribution in [2.45, 2.75) is 31.8 Å². The van der Waals surface area contributed by atoms with E-state index in [9.17, 15) is 9.59 Å². The molecule has 1 atom stereocenters. The molecule has 1 saturated heterocycles. The Labute approximate surface area is 185 Å². The van der Waals surface area contributed by atoms with E-state index < -0.39 is 6.10 Å². The van der Waals surface area contributed by atoms with E-state index in [1.807, 2.05) is 6.07 Å². The molecule has 1 aromatic heterocycles. The number of likely N-dealkylation sites (N-methyl/N-ethyl adjacent to an activating group) is 1. The van der Waals surface area contributed by atoms with Crippen LogP contribution in [-0.4, -0.2) is 56.2 Å². The first-order chi connectivity index (χ1) is 14.2. The first kappa shape index (κ1) is 21.2. The number of amides is 2. The third kappa shape index (κ3) is 4.33. The summed E-state index contributed by atoms with van der Waals surface area (Å²) >= 11 is 7.11. The van der Waals surface area contributed by atoms with Crippen molar-refractivity contribution in [2.75, 3.05) is 38.1 Å². The number of hydrogen-bond acceptors (Lipinski definition) is 5. The van der Waals surface area contributed by atoms with Crippen LogP contribution in [0, 0.1) is 0 Å². The van der Waals surface area contributed by atoms with Crippen molar-refractivity contribution in [3.05, 3.63) is 50.7 Å². The van der Waals surface area contributed by atoms with E-state index in [-0.39, 0.29) is 24.0 Å². The molecule has 2 aromatic rings. The summed E-state index contributed by atoms with van der Waals surface area (Å²) in [5.74, 6) is -0.210. The van der Waals surface area contributed by atoms with Gasteiger partial charge in [0.2, 0.25) is 0 Å². The molecule has 2 amide bonds. The van der Waals surface area contributed by atoms with Crippen LogP contribution in [0.2, 0.25) is 4.34 Å². The number of nitrogens with zero attached hydrogens (tertiary/aromatic N) is 2. The fourth-order valence-electron chi connectivity index (χ4n) is 4.33. The quantitative estimate of drug-likeness (QED) is 0.771. The normalized spacial score (nSPS) is 21.1. The van der Waals surface area contributed by atoms with Crippen LogP contribution < -0.4 is 10.2 Å². The highest BCUT2D eigenvalue weighted by Gasteiger charge is 2.34. The molecule has 0 radical (unpaired) electrons. The highest BCUT2D eigenvalue weighted by Crippen LogP contribution is 2.34. The Bertz CT molecular complexity index is 974. The zero-order chi connectivity index (χ0) is 21.5. The lowest BCUT2D eigenvalue weighted by Gasteiger charge is -2.29. The van der Waals surface area contributed by atoms with E-state index >= 15 is 0 Å². The van der Waals surface area contributed by atoms with Crippen molar-refractivity contribution in [2.24, 2.45) is 0 Å². The van der Waals surface area contributed by atoms with Gasteiger partial charge in [0.1, 0.15) is 6.10 Å². The summed E-state index contributed by atoms with van der Waals surface area (Å²) in [6.07, 6.45) is 0.186. The predicted octanol–water partition coefficient (Wildman–Crippen LogP) is 3.92.